The lowest BCUT2D eigenvalue weighted by atomic mass is 10.00. The van der Waals surface area contributed by atoms with Gasteiger partial charge in [0, 0.05) is 44.1 Å². The van der Waals surface area contributed by atoms with Crippen LogP contribution in [0.5, 0.6) is 0 Å². The molecule has 0 spiro atoms. The normalized spacial score (nSPS) is 21.0. The molecule has 2 N–H and O–H groups in total. The molecule has 0 radical (unpaired) electrons. The molecular weight excluding hydrogens is 475 g/mol. The van der Waals surface area contributed by atoms with Crippen molar-refractivity contribution < 1.29 is 4.79 Å². The molecule has 1 saturated heterocycles. The van der Waals surface area contributed by atoms with Crippen LogP contribution in [0.3, 0.4) is 0 Å². The second kappa shape index (κ2) is 11.8. The van der Waals surface area contributed by atoms with Crippen molar-refractivity contribution in [1.29, 1.82) is 0 Å². The van der Waals surface area contributed by atoms with E-state index in [-0.39, 0.29) is 35.9 Å². The van der Waals surface area contributed by atoms with Gasteiger partial charge in [0.05, 0.1) is 0 Å². The minimum atomic E-state index is 0. The van der Waals surface area contributed by atoms with Crippen molar-refractivity contribution in [2.75, 3.05) is 26.2 Å². The van der Waals surface area contributed by atoms with E-state index in [0.29, 0.717) is 11.8 Å². The predicted molar refractivity (Wildman–Crippen MR) is 131 cm³/mol. The highest BCUT2D eigenvalue weighted by Gasteiger charge is 2.32. The summed E-state index contributed by atoms with van der Waals surface area (Å²) in [6.45, 7) is 9.69. The number of hydrogen-bond acceptors (Lipinski definition) is 2. The minimum absolute atomic E-state index is 0. The first kappa shape index (κ1) is 24.0. The molecule has 162 valence electrons. The molecule has 1 saturated carbocycles. The Bertz CT molecular complexity index is 687. The Morgan fingerprint density at radius 3 is 2.72 bits per heavy atom. The average molecular weight is 512 g/mol. The zero-order valence-corrected chi connectivity index (χ0v) is 20.4. The summed E-state index contributed by atoms with van der Waals surface area (Å²) < 4.78 is 0. The summed E-state index contributed by atoms with van der Waals surface area (Å²) in [6, 6.07) is 8.95. The monoisotopic (exact) mass is 512 g/mol. The van der Waals surface area contributed by atoms with E-state index in [1.54, 1.807) is 0 Å². The topological polar surface area (TPSA) is 56.7 Å². The molecule has 2 aliphatic rings. The maximum atomic E-state index is 12.7. The van der Waals surface area contributed by atoms with Crippen LogP contribution in [0.1, 0.15) is 63.0 Å². The lowest BCUT2D eigenvalue weighted by molar-refractivity contribution is -0.134. The van der Waals surface area contributed by atoms with Gasteiger partial charge in [0.1, 0.15) is 0 Å². The molecule has 1 aromatic carbocycles. The molecule has 1 aromatic rings. The molecular formula is C23H37IN4O. The molecule has 2 fully saturated rings. The van der Waals surface area contributed by atoms with Gasteiger partial charge in [-0.15, -0.1) is 24.0 Å². The number of halogens is 1. The van der Waals surface area contributed by atoms with E-state index >= 15 is 0 Å². The molecule has 1 heterocycles. The molecule has 6 heteroatoms. The Hall–Kier alpha value is -1.31. The van der Waals surface area contributed by atoms with E-state index in [4.69, 9.17) is 4.99 Å². The van der Waals surface area contributed by atoms with Crippen LogP contribution in [0.2, 0.25) is 0 Å². The number of guanidine groups is 1. The zero-order valence-electron chi connectivity index (χ0n) is 18.1. The highest BCUT2D eigenvalue weighted by atomic mass is 127. The molecule has 0 aromatic heterocycles. The highest BCUT2D eigenvalue weighted by molar-refractivity contribution is 14.0. The number of aliphatic imine (C=N–C) groups is 1. The molecule has 1 amide bonds. The standard InChI is InChI=1S/C23H36N4O.HI/c1-4-24-23(25-15-18(3)20-11-7-8-17(2)14-20)26-21-12-13-27(16-21)22(28)19-9-5-6-10-19;/h7-8,11,14,18-19,21H,4-6,9-10,12-13,15-16H2,1-3H3,(H2,24,25,26);1H. The minimum Gasteiger partial charge on any atom is -0.357 e. The van der Waals surface area contributed by atoms with E-state index < -0.39 is 0 Å². The van der Waals surface area contributed by atoms with E-state index in [2.05, 4.69) is 60.6 Å². The molecule has 0 bridgehead atoms. The van der Waals surface area contributed by atoms with Crippen molar-refractivity contribution in [2.24, 2.45) is 10.9 Å². The third kappa shape index (κ3) is 6.86. The van der Waals surface area contributed by atoms with E-state index in [0.717, 1.165) is 51.4 Å². The zero-order chi connectivity index (χ0) is 19.9. The van der Waals surface area contributed by atoms with Gasteiger partial charge in [-0.3, -0.25) is 9.79 Å². The van der Waals surface area contributed by atoms with Crippen LogP contribution in [-0.4, -0.2) is 49.0 Å². The van der Waals surface area contributed by atoms with Crippen LogP contribution in [0.25, 0.3) is 0 Å². The summed E-state index contributed by atoms with van der Waals surface area (Å²) in [4.78, 5) is 19.5. The van der Waals surface area contributed by atoms with Crippen LogP contribution < -0.4 is 10.6 Å². The van der Waals surface area contributed by atoms with Gasteiger partial charge in [0.25, 0.3) is 0 Å². The van der Waals surface area contributed by atoms with Gasteiger partial charge in [0.15, 0.2) is 5.96 Å². The number of rotatable bonds is 6. The highest BCUT2D eigenvalue weighted by Crippen LogP contribution is 2.27. The summed E-state index contributed by atoms with van der Waals surface area (Å²) in [5, 5.41) is 6.92. The van der Waals surface area contributed by atoms with E-state index in [1.807, 2.05) is 0 Å². The Labute approximate surface area is 193 Å². The first-order chi connectivity index (χ1) is 13.6. The smallest absolute Gasteiger partial charge is 0.225 e. The number of amides is 1. The van der Waals surface area contributed by atoms with Crippen molar-refractivity contribution in [3.05, 3.63) is 35.4 Å². The summed E-state index contributed by atoms with van der Waals surface area (Å²) >= 11 is 0. The molecule has 2 atom stereocenters. The lowest BCUT2D eigenvalue weighted by Crippen LogP contribution is -2.45. The number of nitrogens with zero attached hydrogens (tertiary/aromatic N) is 2. The second-order valence-electron chi connectivity index (χ2n) is 8.43. The Morgan fingerprint density at radius 2 is 2.03 bits per heavy atom. The largest absolute Gasteiger partial charge is 0.357 e. The number of likely N-dealkylation sites (tertiary alicyclic amines) is 1. The Balaban J connectivity index is 0.00000300. The van der Waals surface area contributed by atoms with Gasteiger partial charge in [-0.25, -0.2) is 0 Å². The third-order valence-electron chi connectivity index (χ3n) is 6.02. The van der Waals surface area contributed by atoms with Crippen molar-refractivity contribution in [1.82, 2.24) is 15.5 Å². The molecule has 1 aliphatic heterocycles. The maximum Gasteiger partial charge on any atom is 0.225 e. The first-order valence-electron chi connectivity index (χ1n) is 11.0. The SMILES string of the molecule is CCNC(=NCC(C)c1cccc(C)c1)NC1CCN(C(=O)C2CCCC2)C1.I. The number of hydrogen-bond donors (Lipinski definition) is 2. The molecule has 1 aliphatic carbocycles. The Kier molecular flexibility index (Phi) is 9.72. The van der Waals surface area contributed by atoms with Crippen molar-refractivity contribution in [2.45, 2.75) is 64.8 Å². The Morgan fingerprint density at radius 1 is 1.28 bits per heavy atom. The number of aryl methyl sites for hydroxylation is 1. The number of nitrogens with one attached hydrogen (secondary N) is 2. The van der Waals surface area contributed by atoms with Crippen LogP contribution in [0, 0.1) is 12.8 Å². The predicted octanol–water partition coefficient (Wildman–Crippen LogP) is 4.06. The van der Waals surface area contributed by atoms with Gasteiger partial charge in [0.2, 0.25) is 5.91 Å². The van der Waals surface area contributed by atoms with Crippen LogP contribution in [-0.2, 0) is 4.79 Å². The lowest BCUT2D eigenvalue weighted by Gasteiger charge is -2.21. The van der Waals surface area contributed by atoms with Gasteiger partial charge < -0.3 is 15.5 Å². The summed E-state index contributed by atoms with van der Waals surface area (Å²) in [6.07, 6.45) is 5.57. The fraction of sp³-hybridized carbons (Fsp3) is 0.652. The van der Waals surface area contributed by atoms with Crippen LogP contribution in [0.15, 0.2) is 29.3 Å². The number of carbonyl (C=O) groups excluding carboxylic acids is 1. The molecule has 5 nitrogen and oxygen atoms in total. The summed E-state index contributed by atoms with van der Waals surface area (Å²) in [5.41, 5.74) is 2.62. The third-order valence-corrected chi connectivity index (χ3v) is 6.02. The second-order valence-corrected chi connectivity index (χ2v) is 8.43. The van der Waals surface area contributed by atoms with Crippen LogP contribution in [0.4, 0.5) is 0 Å². The number of benzene rings is 1. The van der Waals surface area contributed by atoms with Crippen LogP contribution >= 0.6 is 24.0 Å². The fourth-order valence-corrected chi connectivity index (χ4v) is 4.33. The van der Waals surface area contributed by atoms with Crippen molar-refractivity contribution >= 4 is 35.8 Å². The van der Waals surface area contributed by atoms with E-state index in [1.165, 1.54) is 24.0 Å². The van der Waals surface area contributed by atoms with Gasteiger partial charge in [-0.1, -0.05) is 49.6 Å². The average Bonchev–Trinajstić information content (AvgIpc) is 3.38. The van der Waals surface area contributed by atoms with Gasteiger partial charge in [-0.05, 0) is 38.7 Å². The maximum absolute atomic E-state index is 12.7. The van der Waals surface area contributed by atoms with E-state index in [9.17, 15) is 4.79 Å². The molecule has 29 heavy (non-hydrogen) atoms. The quantitative estimate of drug-likeness (QED) is 0.344. The van der Waals surface area contributed by atoms with Gasteiger partial charge >= 0.3 is 0 Å². The molecule has 2 unspecified atom stereocenters. The fourth-order valence-electron chi connectivity index (χ4n) is 4.33. The van der Waals surface area contributed by atoms with Crippen molar-refractivity contribution in [3.63, 3.8) is 0 Å². The summed E-state index contributed by atoms with van der Waals surface area (Å²) in [5.74, 6) is 1.88. The number of carbonyl (C=O) groups is 1. The van der Waals surface area contributed by atoms with Gasteiger partial charge in [-0.2, -0.15) is 0 Å². The molecule has 3 rings (SSSR count). The summed E-state index contributed by atoms with van der Waals surface area (Å²) in [7, 11) is 0. The van der Waals surface area contributed by atoms with Crippen molar-refractivity contribution in [3.8, 4) is 0 Å². The first-order valence-corrected chi connectivity index (χ1v) is 11.0.